The first kappa shape index (κ1) is 16.5. The third-order valence-electron chi connectivity index (χ3n) is 3.04. The molecule has 1 aromatic rings. The van der Waals surface area contributed by atoms with Crippen molar-refractivity contribution in [3.8, 4) is 0 Å². The van der Waals surface area contributed by atoms with E-state index in [9.17, 15) is 9.59 Å². The second-order valence-corrected chi connectivity index (χ2v) is 4.44. The Labute approximate surface area is 124 Å². The van der Waals surface area contributed by atoms with Gasteiger partial charge in [0.05, 0.1) is 18.2 Å². The average Bonchev–Trinajstić information content (AvgIpc) is 2.94. The van der Waals surface area contributed by atoms with Crippen LogP contribution in [0.2, 0.25) is 0 Å². The Bertz CT molecular complexity index is 456. The number of halogens is 1. The fourth-order valence-electron chi connectivity index (χ4n) is 2.04. The monoisotopic (exact) mass is 298 g/mol. The highest BCUT2D eigenvalue weighted by molar-refractivity contribution is 5.96. The molecule has 1 heterocycles. The summed E-state index contributed by atoms with van der Waals surface area (Å²) in [6.45, 7) is 3.01. The first-order chi connectivity index (χ1) is 9.20. The number of benzene rings is 1. The number of anilines is 1. The minimum Gasteiger partial charge on any atom is -0.462 e. The molecule has 0 bridgehead atoms. The van der Waals surface area contributed by atoms with Gasteiger partial charge in [0.25, 0.3) is 0 Å². The van der Waals surface area contributed by atoms with E-state index in [1.807, 2.05) is 0 Å². The molecule has 0 unspecified atom stereocenters. The summed E-state index contributed by atoms with van der Waals surface area (Å²) in [7, 11) is 0. The number of nitrogens with one attached hydrogen (secondary N) is 2. The maximum absolute atomic E-state index is 11.9. The zero-order valence-electron chi connectivity index (χ0n) is 11.3. The molecular weight excluding hydrogens is 280 g/mol. The number of hydrogen-bond donors (Lipinski definition) is 2. The van der Waals surface area contributed by atoms with Crippen molar-refractivity contribution in [3.63, 3.8) is 0 Å². The summed E-state index contributed by atoms with van der Waals surface area (Å²) >= 11 is 0. The molecule has 1 aliphatic heterocycles. The largest absolute Gasteiger partial charge is 0.462 e. The van der Waals surface area contributed by atoms with Gasteiger partial charge >= 0.3 is 5.97 Å². The van der Waals surface area contributed by atoms with Crippen LogP contribution in [0.1, 0.15) is 30.1 Å². The number of carbonyl (C=O) groups excluding carboxylic acids is 2. The molecule has 1 aliphatic rings. The second kappa shape index (κ2) is 7.87. The predicted octanol–water partition coefficient (Wildman–Crippen LogP) is 1.98. The molecule has 0 spiro atoms. The third kappa shape index (κ3) is 4.21. The molecule has 1 fully saturated rings. The lowest BCUT2D eigenvalue weighted by Gasteiger charge is -2.11. The van der Waals surface area contributed by atoms with Crippen molar-refractivity contribution in [2.45, 2.75) is 25.8 Å². The molecule has 0 aromatic heterocycles. The average molecular weight is 299 g/mol. The summed E-state index contributed by atoms with van der Waals surface area (Å²) in [5.74, 6) is -0.376. The van der Waals surface area contributed by atoms with Crippen LogP contribution in [-0.4, -0.2) is 31.1 Å². The molecular formula is C14H19ClN2O3. The van der Waals surface area contributed by atoms with Gasteiger partial charge in [-0.25, -0.2) is 4.79 Å². The predicted molar refractivity (Wildman–Crippen MR) is 79.3 cm³/mol. The highest BCUT2D eigenvalue weighted by Crippen LogP contribution is 2.13. The number of ether oxygens (including phenoxy) is 1. The van der Waals surface area contributed by atoms with E-state index in [1.165, 1.54) is 0 Å². The van der Waals surface area contributed by atoms with Crippen molar-refractivity contribution in [2.24, 2.45) is 0 Å². The van der Waals surface area contributed by atoms with Gasteiger partial charge in [-0.05, 0) is 50.6 Å². The Morgan fingerprint density at radius 3 is 2.60 bits per heavy atom. The summed E-state index contributed by atoms with van der Waals surface area (Å²) in [6.07, 6.45) is 1.90. The van der Waals surface area contributed by atoms with Crippen LogP contribution >= 0.6 is 12.4 Å². The highest BCUT2D eigenvalue weighted by Gasteiger charge is 2.21. The molecule has 6 heteroatoms. The van der Waals surface area contributed by atoms with E-state index in [1.54, 1.807) is 31.2 Å². The minimum atomic E-state index is -0.349. The lowest BCUT2D eigenvalue weighted by atomic mass is 10.2. The van der Waals surface area contributed by atoms with Crippen LogP contribution < -0.4 is 10.6 Å². The number of esters is 1. The Kier molecular flexibility index (Phi) is 6.48. The van der Waals surface area contributed by atoms with Crippen LogP contribution in [0.25, 0.3) is 0 Å². The summed E-state index contributed by atoms with van der Waals surface area (Å²) in [6, 6.07) is 6.61. The van der Waals surface area contributed by atoms with E-state index in [0.29, 0.717) is 17.9 Å². The third-order valence-corrected chi connectivity index (χ3v) is 3.04. The molecule has 1 saturated heterocycles. The maximum atomic E-state index is 11.9. The number of carbonyl (C=O) groups is 2. The Morgan fingerprint density at radius 2 is 2.05 bits per heavy atom. The fraction of sp³-hybridized carbons (Fsp3) is 0.429. The molecule has 2 rings (SSSR count). The van der Waals surface area contributed by atoms with Gasteiger partial charge in [0.2, 0.25) is 5.91 Å². The van der Waals surface area contributed by atoms with Crippen molar-refractivity contribution in [1.29, 1.82) is 0 Å². The minimum absolute atomic E-state index is 0. The molecule has 0 aliphatic carbocycles. The normalized spacial score (nSPS) is 17.1. The summed E-state index contributed by atoms with van der Waals surface area (Å²) in [5.41, 5.74) is 1.17. The lowest BCUT2D eigenvalue weighted by Crippen LogP contribution is -2.35. The van der Waals surface area contributed by atoms with Crippen LogP contribution in [0.4, 0.5) is 5.69 Å². The van der Waals surface area contributed by atoms with Gasteiger partial charge in [0.1, 0.15) is 0 Å². The Balaban J connectivity index is 0.00000200. The number of hydrogen-bond acceptors (Lipinski definition) is 4. The van der Waals surface area contributed by atoms with Crippen LogP contribution in [0.15, 0.2) is 24.3 Å². The van der Waals surface area contributed by atoms with Gasteiger partial charge in [0.15, 0.2) is 0 Å². The second-order valence-electron chi connectivity index (χ2n) is 4.44. The molecule has 1 atom stereocenters. The van der Waals surface area contributed by atoms with Gasteiger partial charge < -0.3 is 15.4 Å². The van der Waals surface area contributed by atoms with E-state index in [-0.39, 0.29) is 30.3 Å². The smallest absolute Gasteiger partial charge is 0.338 e. The lowest BCUT2D eigenvalue weighted by molar-refractivity contribution is -0.117. The van der Waals surface area contributed by atoms with E-state index in [4.69, 9.17) is 4.74 Å². The van der Waals surface area contributed by atoms with E-state index < -0.39 is 0 Å². The standard InChI is InChI=1S/C14H18N2O3.ClH/c1-2-19-14(18)10-5-7-11(8-6-10)16-13(17)12-4-3-9-15-12;/h5-8,12,15H,2-4,9H2,1H3,(H,16,17);1H/t12-;/m0./s1. The fourth-order valence-corrected chi connectivity index (χ4v) is 2.04. The topological polar surface area (TPSA) is 67.4 Å². The molecule has 1 amide bonds. The Morgan fingerprint density at radius 1 is 1.35 bits per heavy atom. The van der Waals surface area contributed by atoms with Crippen LogP contribution in [-0.2, 0) is 9.53 Å². The molecule has 20 heavy (non-hydrogen) atoms. The first-order valence-corrected chi connectivity index (χ1v) is 6.52. The quantitative estimate of drug-likeness (QED) is 0.834. The van der Waals surface area contributed by atoms with Crippen LogP contribution in [0.3, 0.4) is 0 Å². The van der Waals surface area contributed by atoms with Crippen molar-refractivity contribution in [2.75, 3.05) is 18.5 Å². The number of rotatable bonds is 4. The van der Waals surface area contributed by atoms with Gasteiger partial charge in [-0.1, -0.05) is 0 Å². The van der Waals surface area contributed by atoms with Gasteiger partial charge in [0, 0.05) is 5.69 Å². The molecule has 2 N–H and O–H groups in total. The summed E-state index contributed by atoms with van der Waals surface area (Å²) in [5, 5.41) is 5.97. The van der Waals surface area contributed by atoms with Gasteiger partial charge in [-0.15, -0.1) is 12.4 Å². The van der Waals surface area contributed by atoms with Crippen molar-refractivity contribution >= 4 is 30.0 Å². The molecule has 0 radical (unpaired) electrons. The zero-order valence-corrected chi connectivity index (χ0v) is 12.2. The van der Waals surface area contributed by atoms with Crippen molar-refractivity contribution < 1.29 is 14.3 Å². The molecule has 1 aromatic carbocycles. The number of amides is 1. The zero-order chi connectivity index (χ0) is 13.7. The summed E-state index contributed by atoms with van der Waals surface area (Å²) in [4.78, 5) is 23.3. The van der Waals surface area contributed by atoms with Crippen molar-refractivity contribution in [3.05, 3.63) is 29.8 Å². The molecule has 5 nitrogen and oxygen atoms in total. The molecule has 110 valence electrons. The SMILES string of the molecule is CCOC(=O)c1ccc(NC(=O)[C@@H]2CCCN2)cc1.Cl. The van der Waals surface area contributed by atoms with Gasteiger partial charge in [-0.3, -0.25) is 4.79 Å². The first-order valence-electron chi connectivity index (χ1n) is 6.52. The van der Waals surface area contributed by atoms with Gasteiger partial charge in [-0.2, -0.15) is 0 Å². The van der Waals surface area contributed by atoms with Crippen LogP contribution in [0, 0.1) is 0 Å². The van der Waals surface area contributed by atoms with E-state index >= 15 is 0 Å². The van der Waals surface area contributed by atoms with Crippen LogP contribution in [0.5, 0.6) is 0 Å². The van der Waals surface area contributed by atoms with Crippen molar-refractivity contribution in [1.82, 2.24) is 5.32 Å². The maximum Gasteiger partial charge on any atom is 0.338 e. The summed E-state index contributed by atoms with van der Waals surface area (Å²) < 4.78 is 4.89. The Hall–Kier alpha value is -1.59. The van der Waals surface area contributed by atoms with E-state index in [0.717, 1.165) is 19.4 Å². The highest BCUT2D eigenvalue weighted by atomic mass is 35.5. The van der Waals surface area contributed by atoms with E-state index in [2.05, 4.69) is 10.6 Å². The molecule has 0 saturated carbocycles.